The zero-order chi connectivity index (χ0) is 21.5. The predicted octanol–water partition coefficient (Wildman–Crippen LogP) is 3.42. The number of primary amides is 1. The van der Waals surface area contributed by atoms with E-state index in [1.54, 1.807) is 23.0 Å². The molecule has 0 saturated heterocycles. The third-order valence-electron chi connectivity index (χ3n) is 5.06. The van der Waals surface area contributed by atoms with Crippen LogP contribution in [0.15, 0.2) is 60.9 Å². The quantitative estimate of drug-likeness (QED) is 0.458. The molecule has 0 spiro atoms. The highest BCUT2D eigenvalue weighted by Crippen LogP contribution is 2.26. The molecule has 0 unspecified atom stereocenters. The zero-order valence-corrected chi connectivity index (χ0v) is 16.6. The first-order valence-corrected chi connectivity index (χ1v) is 9.61. The molecule has 1 amide bonds. The molecule has 0 radical (unpaired) electrons. The van der Waals surface area contributed by atoms with Gasteiger partial charge in [-0.1, -0.05) is 12.1 Å². The van der Waals surface area contributed by atoms with Crippen molar-refractivity contribution in [2.75, 3.05) is 5.32 Å². The molecular formula is C22H18FN7O. The van der Waals surface area contributed by atoms with E-state index in [1.807, 2.05) is 41.9 Å². The molecule has 3 heterocycles. The van der Waals surface area contributed by atoms with E-state index in [-0.39, 0.29) is 11.6 Å². The van der Waals surface area contributed by atoms with Crippen LogP contribution in [0.25, 0.3) is 16.4 Å². The summed E-state index contributed by atoms with van der Waals surface area (Å²) in [6.07, 6.45) is 3.51. The van der Waals surface area contributed by atoms with Crippen molar-refractivity contribution in [1.29, 1.82) is 0 Å². The van der Waals surface area contributed by atoms with Crippen molar-refractivity contribution in [2.45, 2.75) is 13.5 Å². The van der Waals surface area contributed by atoms with Gasteiger partial charge in [0.15, 0.2) is 5.82 Å². The van der Waals surface area contributed by atoms with Gasteiger partial charge in [0.2, 0.25) is 5.82 Å². The second kappa shape index (κ2) is 7.21. The van der Waals surface area contributed by atoms with Gasteiger partial charge in [0.05, 0.1) is 18.3 Å². The monoisotopic (exact) mass is 415 g/mol. The van der Waals surface area contributed by atoms with Gasteiger partial charge in [0, 0.05) is 17.3 Å². The number of benzene rings is 2. The van der Waals surface area contributed by atoms with E-state index in [1.165, 1.54) is 12.1 Å². The van der Waals surface area contributed by atoms with E-state index in [4.69, 9.17) is 5.73 Å². The third kappa shape index (κ3) is 3.46. The van der Waals surface area contributed by atoms with Crippen molar-refractivity contribution in [3.05, 3.63) is 83.7 Å². The highest BCUT2D eigenvalue weighted by molar-refractivity contribution is 5.91. The Morgan fingerprint density at radius 3 is 2.87 bits per heavy atom. The Kier molecular flexibility index (Phi) is 4.36. The summed E-state index contributed by atoms with van der Waals surface area (Å²) in [5.74, 6) is -0.564. The molecule has 0 aliphatic rings. The molecule has 3 aromatic heterocycles. The molecule has 2 aromatic carbocycles. The van der Waals surface area contributed by atoms with Crippen LogP contribution in [0.3, 0.4) is 0 Å². The number of anilines is 2. The fraction of sp³-hybridized carbons (Fsp3) is 0.0909. The minimum absolute atomic E-state index is 0.0745. The van der Waals surface area contributed by atoms with Crippen LogP contribution in [0.5, 0.6) is 0 Å². The molecule has 0 fully saturated rings. The Bertz CT molecular complexity index is 1450. The van der Waals surface area contributed by atoms with Gasteiger partial charge >= 0.3 is 0 Å². The summed E-state index contributed by atoms with van der Waals surface area (Å²) in [7, 11) is 0. The fourth-order valence-corrected chi connectivity index (χ4v) is 3.61. The third-order valence-corrected chi connectivity index (χ3v) is 5.06. The second-order valence-electron chi connectivity index (χ2n) is 7.27. The Morgan fingerprint density at radius 2 is 2.06 bits per heavy atom. The number of aromatic nitrogens is 5. The minimum Gasteiger partial charge on any atom is -0.363 e. The van der Waals surface area contributed by atoms with Crippen molar-refractivity contribution in [3.8, 4) is 0 Å². The van der Waals surface area contributed by atoms with Crippen LogP contribution in [0.4, 0.5) is 15.9 Å². The Labute approximate surface area is 176 Å². The molecule has 0 aliphatic carbocycles. The summed E-state index contributed by atoms with van der Waals surface area (Å²) in [6.45, 7) is 2.40. The molecule has 0 atom stereocenters. The minimum atomic E-state index is -0.703. The number of nitrogens with two attached hydrogens (primary N) is 1. The highest BCUT2D eigenvalue weighted by Gasteiger charge is 2.14. The summed E-state index contributed by atoms with van der Waals surface area (Å²) in [6, 6.07) is 14.1. The number of halogens is 1. The smallest absolute Gasteiger partial charge is 0.288 e. The van der Waals surface area contributed by atoms with E-state index in [0.717, 1.165) is 33.2 Å². The lowest BCUT2D eigenvalue weighted by atomic mass is 10.2. The van der Waals surface area contributed by atoms with E-state index in [2.05, 4.69) is 20.5 Å². The average Bonchev–Trinajstić information content (AvgIpc) is 3.31. The van der Waals surface area contributed by atoms with Gasteiger partial charge < -0.3 is 11.1 Å². The van der Waals surface area contributed by atoms with Gasteiger partial charge in [-0.2, -0.15) is 5.10 Å². The maximum atomic E-state index is 13.5. The maximum Gasteiger partial charge on any atom is 0.288 e. The molecule has 8 nitrogen and oxygen atoms in total. The molecule has 31 heavy (non-hydrogen) atoms. The topological polar surface area (TPSA) is 103 Å². The van der Waals surface area contributed by atoms with Crippen molar-refractivity contribution >= 4 is 33.8 Å². The highest BCUT2D eigenvalue weighted by atomic mass is 19.1. The van der Waals surface area contributed by atoms with Gasteiger partial charge in [-0.15, -0.1) is 5.10 Å². The van der Waals surface area contributed by atoms with Crippen LogP contribution >= 0.6 is 0 Å². The fourth-order valence-electron chi connectivity index (χ4n) is 3.61. The van der Waals surface area contributed by atoms with Crippen molar-refractivity contribution < 1.29 is 9.18 Å². The van der Waals surface area contributed by atoms with Crippen LogP contribution in [-0.4, -0.2) is 30.3 Å². The molecular weight excluding hydrogens is 397 g/mol. The summed E-state index contributed by atoms with van der Waals surface area (Å²) in [5, 5.41) is 12.8. The standard InChI is InChI=1S/C22H18FN7O/c1-13-7-8-29-19(13)21(27-22(28-29)20(24)31)26-17-5-6-18-15(10-17)11-25-30(18)12-14-3-2-4-16(23)9-14/h2-11H,12H2,1H3,(H2,24,31)(H,26,27,28). The summed E-state index contributed by atoms with van der Waals surface area (Å²) >= 11 is 0. The largest absolute Gasteiger partial charge is 0.363 e. The molecule has 5 rings (SSSR count). The Morgan fingerprint density at radius 1 is 1.19 bits per heavy atom. The van der Waals surface area contributed by atoms with Gasteiger partial charge in [0.25, 0.3) is 5.91 Å². The number of amides is 1. The Balaban J connectivity index is 1.49. The number of nitrogens with zero attached hydrogens (tertiary/aromatic N) is 5. The first-order valence-electron chi connectivity index (χ1n) is 9.61. The molecule has 9 heteroatoms. The lowest BCUT2D eigenvalue weighted by Gasteiger charge is -2.10. The van der Waals surface area contributed by atoms with Crippen LogP contribution in [0.2, 0.25) is 0 Å². The number of carbonyl (C=O) groups excluding carboxylic acids is 1. The number of fused-ring (bicyclic) bond motifs is 2. The Hall–Kier alpha value is -4.27. The normalized spacial score (nSPS) is 11.3. The van der Waals surface area contributed by atoms with E-state index in [9.17, 15) is 9.18 Å². The molecule has 0 aliphatic heterocycles. The van der Waals surface area contributed by atoms with Crippen LogP contribution in [0.1, 0.15) is 21.7 Å². The number of hydrogen-bond acceptors (Lipinski definition) is 5. The van der Waals surface area contributed by atoms with Gasteiger partial charge in [0.1, 0.15) is 11.3 Å². The number of hydrogen-bond donors (Lipinski definition) is 2. The summed E-state index contributed by atoms with van der Waals surface area (Å²) < 4.78 is 16.9. The summed E-state index contributed by atoms with van der Waals surface area (Å²) in [5.41, 5.74) is 9.62. The molecule has 5 aromatic rings. The van der Waals surface area contributed by atoms with Gasteiger partial charge in [-0.05, 0) is 54.4 Å². The molecule has 154 valence electrons. The van der Waals surface area contributed by atoms with E-state index >= 15 is 0 Å². The summed E-state index contributed by atoms with van der Waals surface area (Å²) in [4.78, 5) is 15.9. The van der Waals surface area contributed by atoms with Crippen LogP contribution in [-0.2, 0) is 6.54 Å². The molecule has 0 saturated carbocycles. The van der Waals surface area contributed by atoms with E-state index < -0.39 is 5.91 Å². The van der Waals surface area contributed by atoms with E-state index in [0.29, 0.717) is 12.4 Å². The predicted molar refractivity (Wildman–Crippen MR) is 115 cm³/mol. The van der Waals surface area contributed by atoms with Crippen molar-refractivity contribution in [1.82, 2.24) is 24.4 Å². The average molecular weight is 415 g/mol. The van der Waals surface area contributed by atoms with Crippen LogP contribution < -0.4 is 11.1 Å². The first kappa shape index (κ1) is 18.7. The SMILES string of the molecule is Cc1ccn2nc(C(N)=O)nc(Nc3ccc4c(cnn4Cc4cccc(F)c4)c3)c12. The van der Waals surface area contributed by atoms with Crippen LogP contribution in [0, 0.1) is 12.7 Å². The zero-order valence-electron chi connectivity index (χ0n) is 16.6. The number of nitrogens with one attached hydrogen (secondary N) is 1. The lowest BCUT2D eigenvalue weighted by Crippen LogP contribution is -2.18. The molecule has 0 bridgehead atoms. The van der Waals surface area contributed by atoms with Gasteiger partial charge in [-0.3, -0.25) is 9.48 Å². The first-order chi connectivity index (χ1) is 15.0. The number of rotatable bonds is 5. The second-order valence-corrected chi connectivity index (χ2v) is 7.27. The van der Waals surface area contributed by atoms with Crippen molar-refractivity contribution in [3.63, 3.8) is 0 Å². The maximum absolute atomic E-state index is 13.5. The molecule has 3 N–H and O–H groups in total. The number of aryl methyl sites for hydroxylation is 1. The van der Waals surface area contributed by atoms with Crippen molar-refractivity contribution in [2.24, 2.45) is 5.73 Å². The number of carbonyl (C=O) groups is 1. The van der Waals surface area contributed by atoms with Gasteiger partial charge in [-0.25, -0.2) is 13.9 Å². The lowest BCUT2D eigenvalue weighted by molar-refractivity contribution is 0.0989.